The first-order valence-corrected chi connectivity index (χ1v) is 10.5. The van der Waals surface area contributed by atoms with E-state index < -0.39 is 11.6 Å². The van der Waals surface area contributed by atoms with Gasteiger partial charge in [-0.25, -0.2) is 28.7 Å². The fourth-order valence-corrected chi connectivity index (χ4v) is 4.42. The Labute approximate surface area is 184 Å². The van der Waals surface area contributed by atoms with E-state index in [-0.39, 0.29) is 29.7 Å². The summed E-state index contributed by atoms with van der Waals surface area (Å²) in [5.41, 5.74) is 1.98. The molecule has 9 heteroatoms. The number of methoxy groups -OCH3 is 2. The predicted molar refractivity (Wildman–Crippen MR) is 113 cm³/mol. The highest BCUT2D eigenvalue weighted by molar-refractivity contribution is 5.54. The highest BCUT2D eigenvalue weighted by Gasteiger charge is 2.42. The average molecular weight is 439 g/mol. The minimum absolute atomic E-state index is 0.0883. The second-order valence-electron chi connectivity index (χ2n) is 8.15. The number of rotatable bonds is 6. The first-order chi connectivity index (χ1) is 15.6. The maximum Gasteiger partial charge on any atom is 0.197 e. The second-order valence-corrected chi connectivity index (χ2v) is 8.15. The van der Waals surface area contributed by atoms with Crippen molar-refractivity contribution in [2.45, 2.75) is 30.5 Å². The van der Waals surface area contributed by atoms with Gasteiger partial charge in [0.25, 0.3) is 0 Å². The lowest BCUT2D eigenvalue weighted by atomic mass is 10.0. The molecule has 2 aliphatic rings. The Hall–Kier alpha value is -3.04. The summed E-state index contributed by atoms with van der Waals surface area (Å²) in [7, 11) is 3.19. The lowest BCUT2D eigenvalue weighted by Gasteiger charge is -2.20. The summed E-state index contributed by atoms with van der Waals surface area (Å²) in [4.78, 5) is 18.9. The monoisotopic (exact) mass is 439 g/mol. The lowest BCUT2D eigenvalue weighted by Crippen LogP contribution is -2.27. The molecular weight excluding hydrogens is 416 g/mol. The molecule has 4 atom stereocenters. The van der Waals surface area contributed by atoms with Gasteiger partial charge in [-0.15, -0.1) is 0 Å². The molecule has 0 amide bonds. The minimum atomic E-state index is -0.842. The van der Waals surface area contributed by atoms with E-state index in [0.29, 0.717) is 24.7 Å². The van der Waals surface area contributed by atoms with Crippen LogP contribution in [0.1, 0.15) is 29.4 Å². The number of hydrogen-bond acceptors (Lipinski definition) is 7. The zero-order chi connectivity index (χ0) is 22.2. The zero-order valence-corrected chi connectivity index (χ0v) is 17.8. The lowest BCUT2D eigenvalue weighted by molar-refractivity contribution is -0.00461. The Morgan fingerprint density at radius 3 is 2.06 bits per heavy atom. The van der Waals surface area contributed by atoms with Gasteiger partial charge in [0.2, 0.25) is 0 Å². The van der Waals surface area contributed by atoms with Crippen molar-refractivity contribution < 1.29 is 18.3 Å². The Morgan fingerprint density at radius 1 is 0.844 bits per heavy atom. The highest BCUT2D eigenvalue weighted by Crippen LogP contribution is 2.55. The molecule has 1 aliphatic heterocycles. The van der Waals surface area contributed by atoms with Gasteiger partial charge < -0.3 is 14.4 Å². The zero-order valence-electron chi connectivity index (χ0n) is 17.8. The van der Waals surface area contributed by atoms with Gasteiger partial charge in [0.1, 0.15) is 12.2 Å². The van der Waals surface area contributed by atoms with Crippen LogP contribution in [0.2, 0.25) is 0 Å². The number of aromatic nitrogens is 4. The normalized spacial score (nSPS) is 24.7. The van der Waals surface area contributed by atoms with Gasteiger partial charge in [0.15, 0.2) is 23.3 Å². The third-order valence-electron chi connectivity index (χ3n) is 6.28. The summed E-state index contributed by atoms with van der Waals surface area (Å²) in [6.45, 7) is 0.888. The third kappa shape index (κ3) is 3.82. The van der Waals surface area contributed by atoms with Gasteiger partial charge in [-0.2, -0.15) is 0 Å². The fraction of sp³-hybridized carbons (Fsp3) is 0.391. The number of ether oxygens (including phenoxy) is 2. The van der Waals surface area contributed by atoms with E-state index in [1.807, 2.05) is 0 Å². The van der Waals surface area contributed by atoms with Crippen LogP contribution >= 0.6 is 0 Å². The molecule has 1 saturated carbocycles. The van der Waals surface area contributed by atoms with Gasteiger partial charge >= 0.3 is 0 Å². The van der Waals surface area contributed by atoms with Crippen molar-refractivity contribution in [1.29, 1.82) is 0 Å². The SMILES string of the molecule is CO[C@H]1CN(c2cc([C@H]3C[C@H]3c3cnc(-c4ncccn4)nc3)cc(F)c2F)C[C@H]1OC. The molecule has 0 spiro atoms. The van der Waals surface area contributed by atoms with Crippen molar-refractivity contribution in [2.75, 3.05) is 32.2 Å². The van der Waals surface area contributed by atoms with Crippen LogP contribution in [0, 0.1) is 11.6 Å². The second kappa shape index (κ2) is 8.48. The van der Waals surface area contributed by atoms with Crippen molar-refractivity contribution in [3.8, 4) is 11.6 Å². The van der Waals surface area contributed by atoms with Gasteiger partial charge in [0.05, 0.1) is 5.69 Å². The molecule has 3 aromatic rings. The van der Waals surface area contributed by atoms with Gasteiger partial charge in [0, 0.05) is 52.1 Å². The van der Waals surface area contributed by atoms with Gasteiger partial charge in [-0.05, 0) is 47.6 Å². The van der Waals surface area contributed by atoms with Crippen molar-refractivity contribution in [1.82, 2.24) is 19.9 Å². The minimum Gasteiger partial charge on any atom is -0.377 e. The molecule has 166 valence electrons. The molecular formula is C23H23F2N5O2. The summed E-state index contributed by atoms with van der Waals surface area (Å²) < 4.78 is 40.1. The Morgan fingerprint density at radius 2 is 1.44 bits per heavy atom. The van der Waals surface area contributed by atoms with Crippen molar-refractivity contribution in [3.63, 3.8) is 0 Å². The van der Waals surface area contributed by atoms with Crippen LogP contribution in [0.25, 0.3) is 11.6 Å². The Kier molecular flexibility index (Phi) is 5.52. The molecule has 2 fully saturated rings. The molecule has 0 N–H and O–H groups in total. The molecule has 1 saturated heterocycles. The Balaban J connectivity index is 1.35. The summed E-state index contributed by atoms with van der Waals surface area (Å²) >= 11 is 0. The van der Waals surface area contributed by atoms with Crippen molar-refractivity contribution in [3.05, 3.63) is 65.7 Å². The van der Waals surface area contributed by atoms with Crippen LogP contribution in [0.15, 0.2) is 43.0 Å². The van der Waals surface area contributed by atoms with Crippen LogP contribution in [0.5, 0.6) is 0 Å². The molecule has 0 bridgehead atoms. The molecule has 0 radical (unpaired) electrons. The summed E-state index contributed by atoms with van der Waals surface area (Å²) in [6, 6.07) is 4.78. The number of halogens is 2. The van der Waals surface area contributed by atoms with E-state index >= 15 is 0 Å². The number of hydrogen-bond donors (Lipinski definition) is 0. The maximum atomic E-state index is 14.7. The van der Waals surface area contributed by atoms with E-state index in [4.69, 9.17) is 9.47 Å². The van der Waals surface area contributed by atoms with E-state index in [1.54, 1.807) is 56.0 Å². The molecule has 1 aliphatic carbocycles. The van der Waals surface area contributed by atoms with Gasteiger partial charge in [-0.3, -0.25) is 0 Å². The smallest absolute Gasteiger partial charge is 0.197 e. The fourth-order valence-electron chi connectivity index (χ4n) is 4.42. The van der Waals surface area contributed by atoms with Crippen LogP contribution in [0.3, 0.4) is 0 Å². The van der Waals surface area contributed by atoms with Gasteiger partial charge in [-0.1, -0.05) is 0 Å². The van der Waals surface area contributed by atoms with E-state index in [9.17, 15) is 8.78 Å². The van der Waals surface area contributed by atoms with E-state index in [2.05, 4.69) is 19.9 Å². The quantitative estimate of drug-likeness (QED) is 0.583. The number of benzene rings is 1. The molecule has 2 aromatic heterocycles. The van der Waals surface area contributed by atoms with E-state index in [1.165, 1.54) is 6.07 Å². The molecule has 1 aromatic carbocycles. The van der Waals surface area contributed by atoms with Crippen LogP contribution in [-0.4, -0.2) is 59.5 Å². The largest absolute Gasteiger partial charge is 0.377 e. The average Bonchev–Trinajstić information content (AvgIpc) is 3.53. The predicted octanol–water partition coefficient (Wildman–Crippen LogP) is 3.33. The van der Waals surface area contributed by atoms with Crippen molar-refractivity contribution in [2.24, 2.45) is 0 Å². The van der Waals surface area contributed by atoms with Crippen molar-refractivity contribution >= 4 is 5.69 Å². The maximum absolute atomic E-state index is 14.7. The van der Waals surface area contributed by atoms with Crippen LogP contribution < -0.4 is 4.90 Å². The summed E-state index contributed by atoms with van der Waals surface area (Å²) in [5, 5.41) is 0. The Bertz CT molecular complexity index is 1090. The third-order valence-corrected chi connectivity index (χ3v) is 6.28. The highest BCUT2D eigenvalue weighted by atomic mass is 19.2. The molecule has 7 nitrogen and oxygen atoms in total. The van der Waals surface area contributed by atoms with Crippen LogP contribution in [-0.2, 0) is 9.47 Å². The topological polar surface area (TPSA) is 73.3 Å². The van der Waals surface area contributed by atoms with E-state index in [0.717, 1.165) is 17.5 Å². The number of anilines is 1. The molecule has 3 heterocycles. The molecule has 5 rings (SSSR count). The summed E-state index contributed by atoms with van der Waals surface area (Å²) in [6.07, 6.45) is 7.25. The first kappa shape index (κ1) is 20.8. The molecule has 0 unspecified atom stereocenters. The van der Waals surface area contributed by atoms with Crippen LogP contribution in [0.4, 0.5) is 14.5 Å². The first-order valence-electron chi connectivity index (χ1n) is 10.5. The standard InChI is InChI=1S/C23H23F2N5O2/c1-31-19-11-30(12-20(19)32-2)18-7-13(6-17(24)21(18)25)15-8-16(15)14-9-28-23(29-10-14)22-26-4-3-5-27-22/h3-7,9-10,15-16,19-20H,8,11-12H2,1-2H3/t15-,16+,19-,20+/m1/s1. The molecule has 32 heavy (non-hydrogen) atoms. The number of nitrogens with zero attached hydrogens (tertiary/aromatic N) is 5. The summed E-state index contributed by atoms with van der Waals surface area (Å²) in [5.74, 6) is -0.512.